The smallest absolute Gasteiger partial charge is 0.181 e. The van der Waals surface area contributed by atoms with E-state index in [2.05, 4.69) is 4.98 Å². The first-order chi connectivity index (χ1) is 8.96. The predicted molar refractivity (Wildman–Crippen MR) is 78.5 cm³/mol. The zero-order valence-electron chi connectivity index (χ0n) is 10.9. The quantitative estimate of drug-likeness (QED) is 0.813. The summed E-state index contributed by atoms with van der Waals surface area (Å²) in [5, 5.41) is 0.185. The van der Waals surface area contributed by atoms with Gasteiger partial charge in [-0.1, -0.05) is 18.2 Å². The summed E-state index contributed by atoms with van der Waals surface area (Å²) in [6.07, 6.45) is 0.444. The number of halogens is 1. The summed E-state index contributed by atoms with van der Waals surface area (Å²) in [6, 6.07) is 8.94. The molecule has 0 spiro atoms. The van der Waals surface area contributed by atoms with Crippen molar-refractivity contribution >= 4 is 32.3 Å². The van der Waals surface area contributed by atoms with Crippen LogP contribution in [0.1, 0.15) is 19.0 Å². The van der Waals surface area contributed by atoms with Gasteiger partial charge in [-0.05, 0) is 32.4 Å². The highest BCUT2D eigenvalue weighted by Gasteiger charge is 2.25. The van der Waals surface area contributed by atoms with Gasteiger partial charge in [-0.3, -0.25) is 4.98 Å². The Bertz CT molecular complexity index is 698. The number of alkyl halides is 1. The summed E-state index contributed by atoms with van der Waals surface area (Å²) in [4.78, 5) is 4.72. The van der Waals surface area contributed by atoms with Gasteiger partial charge in [-0.15, -0.1) is 11.6 Å². The second-order valence-electron chi connectivity index (χ2n) is 4.61. The molecule has 0 radical (unpaired) electrons. The van der Waals surface area contributed by atoms with Gasteiger partial charge in [-0.25, -0.2) is 8.42 Å². The molecule has 1 aromatic carbocycles. The van der Waals surface area contributed by atoms with E-state index in [4.69, 9.17) is 11.6 Å². The Morgan fingerprint density at radius 3 is 2.68 bits per heavy atom. The van der Waals surface area contributed by atoms with Crippen LogP contribution in [0.2, 0.25) is 0 Å². The number of fused-ring (bicyclic) bond motifs is 1. The third kappa shape index (κ3) is 2.74. The Kier molecular flexibility index (Phi) is 4.11. The van der Waals surface area contributed by atoms with Crippen LogP contribution in [0.15, 0.2) is 35.2 Å². The van der Waals surface area contributed by atoms with Crippen LogP contribution in [0.4, 0.5) is 0 Å². The number of hydrogen-bond donors (Lipinski definition) is 0. The highest BCUT2D eigenvalue weighted by atomic mass is 35.5. The monoisotopic (exact) mass is 297 g/mol. The van der Waals surface area contributed by atoms with Gasteiger partial charge in [0.2, 0.25) is 0 Å². The highest BCUT2D eigenvalue weighted by molar-refractivity contribution is 7.92. The van der Waals surface area contributed by atoms with Crippen LogP contribution in [-0.2, 0) is 9.84 Å². The molecule has 0 N–H and O–H groups in total. The van der Waals surface area contributed by atoms with Gasteiger partial charge < -0.3 is 0 Å². The molecule has 0 aliphatic heterocycles. The fourth-order valence-corrected chi connectivity index (χ4v) is 4.16. The van der Waals surface area contributed by atoms with E-state index >= 15 is 0 Å². The topological polar surface area (TPSA) is 47.0 Å². The first-order valence-electron chi connectivity index (χ1n) is 6.13. The fourth-order valence-electron chi connectivity index (χ4n) is 2.03. The summed E-state index contributed by atoms with van der Waals surface area (Å²) in [6.45, 7) is 3.50. The zero-order valence-corrected chi connectivity index (χ0v) is 12.5. The lowest BCUT2D eigenvalue weighted by atomic mass is 10.2. The number of aromatic nitrogens is 1. The molecule has 2 aromatic rings. The van der Waals surface area contributed by atoms with Crippen molar-refractivity contribution in [2.45, 2.75) is 30.4 Å². The number of nitrogens with zero attached hydrogens (tertiary/aromatic N) is 1. The minimum atomic E-state index is -3.37. The Morgan fingerprint density at radius 2 is 2.00 bits per heavy atom. The largest absolute Gasteiger partial charge is 0.253 e. The second kappa shape index (κ2) is 5.47. The Hall–Kier alpha value is -1.13. The standard InChI is InChI=1S/C14H16ClNO2S/c1-10-9-14(19(17,18)11(2)7-8-15)12-5-3-4-6-13(12)16-10/h3-6,9,11H,7-8H2,1-2H3. The number of benzene rings is 1. The van der Waals surface area contributed by atoms with E-state index in [9.17, 15) is 8.42 Å². The van der Waals surface area contributed by atoms with Crippen molar-refractivity contribution in [3.05, 3.63) is 36.0 Å². The van der Waals surface area contributed by atoms with E-state index in [1.54, 1.807) is 26.0 Å². The van der Waals surface area contributed by atoms with Gasteiger partial charge in [0.25, 0.3) is 0 Å². The average molecular weight is 298 g/mol. The van der Waals surface area contributed by atoms with E-state index < -0.39 is 15.1 Å². The first-order valence-corrected chi connectivity index (χ1v) is 8.21. The molecular formula is C14H16ClNO2S. The number of hydrogen-bond acceptors (Lipinski definition) is 3. The van der Waals surface area contributed by atoms with Crippen molar-refractivity contribution in [1.82, 2.24) is 4.98 Å². The molecule has 3 nitrogen and oxygen atoms in total. The van der Waals surface area contributed by atoms with Crippen molar-refractivity contribution in [1.29, 1.82) is 0 Å². The second-order valence-corrected chi connectivity index (χ2v) is 7.32. The molecule has 0 aliphatic carbocycles. The summed E-state index contributed by atoms with van der Waals surface area (Å²) in [5.74, 6) is 0.336. The van der Waals surface area contributed by atoms with Crippen LogP contribution in [0.25, 0.3) is 10.9 Å². The van der Waals surface area contributed by atoms with Crippen LogP contribution >= 0.6 is 11.6 Å². The van der Waals surface area contributed by atoms with E-state index in [0.29, 0.717) is 33.8 Å². The molecule has 0 saturated heterocycles. The van der Waals surface area contributed by atoms with E-state index in [1.165, 1.54) is 0 Å². The van der Waals surface area contributed by atoms with Crippen molar-refractivity contribution < 1.29 is 8.42 Å². The molecule has 0 saturated carbocycles. The molecule has 102 valence electrons. The molecule has 0 aliphatic rings. The van der Waals surface area contributed by atoms with Gasteiger partial charge in [0.15, 0.2) is 9.84 Å². The molecule has 1 heterocycles. The van der Waals surface area contributed by atoms with Crippen molar-refractivity contribution in [3.8, 4) is 0 Å². The van der Waals surface area contributed by atoms with E-state index in [1.807, 2.05) is 18.2 Å². The van der Waals surface area contributed by atoms with Crippen LogP contribution in [0, 0.1) is 6.92 Å². The van der Waals surface area contributed by atoms with Crippen molar-refractivity contribution in [2.24, 2.45) is 0 Å². The summed E-state index contributed by atoms with van der Waals surface area (Å²) >= 11 is 5.66. The van der Waals surface area contributed by atoms with Crippen molar-refractivity contribution in [3.63, 3.8) is 0 Å². The lowest BCUT2D eigenvalue weighted by molar-refractivity contribution is 0.582. The molecule has 1 unspecified atom stereocenters. The first kappa shape index (κ1) is 14.3. The normalized spacial score (nSPS) is 13.6. The van der Waals surface area contributed by atoms with E-state index in [-0.39, 0.29) is 0 Å². The molecule has 19 heavy (non-hydrogen) atoms. The number of para-hydroxylation sites is 1. The Labute approximate surface area is 118 Å². The van der Waals surface area contributed by atoms with Gasteiger partial charge in [-0.2, -0.15) is 0 Å². The van der Waals surface area contributed by atoms with Crippen LogP contribution in [-0.4, -0.2) is 24.5 Å². The Morgan fingerprint density at radius 1 is 1.32 bits per heavy atom. The third-order valence-electron chi connectivity index (χ3n) is 3.16. The minimum Gasteiger partial charge on any atom is -0.253 e. The molecule has 2 rings (SSSR count). The molecular weight excluding hydrogens is 282 g/mol. The Balaban J connectivity index is 2.68. The number of sulfone groups is 1. The van der Waals surface area contributed by atoms with Gasteiger partial charge in [0.1, 0.15) is 0 Å². The molecule has 1 atom stereocenters. The molecule has 0 amide bonds. The van der Waals surface area contributed by atoms with Gasteiger partial charge in [0.05, 0.1) is 15.7 Å². The number of pyridine rings is 1. The average Bonchev–Trinajstić information content (AvgIpc) is 2.37. The maximum Gasteiger partial charge on any atom is 0.181 e. The zero-order chi connectivity index (χ0) is 14.0. The SMILES string of the molecule is Cc1cc(S(=O)(=O)C(C)CCCl)c2ccccc2n1. The number of rotatable bonds is 4. The number of aryl methyl sites for hydroxylation is 1. The van der Waals surface area contributed by atoms with Crippen molar-refractivity contribution in [2.75, 3.05) is 5.88 Å². The summed E-state index contributed by atoms with van der Waals surface area (Å²) in [5.41, 5.74) is 1.41. The van der Waals surface area contributed by atoms with Crippen LogP contribution in [0.5, 0.6) is 0 Å². The predicted octanol–water partition coefficient (Wildman–Crippen LogP) is 3.33. The van der Waals surface area contributed by atoms with Gasteiger partial charge in [0, 0.05) is 17.0 Å². The van der Waals surface area contributed by atoms with E-state index in [0.717, 1.165) is 0 Å². The summed E-state index contributed by atoms with van der Waals surface area (Å²) < 4.78 is 25.2. The lowest BCUT2D eigenvalue weighted by Crippen LogP contribution is -2.19. The maximum atomic E-state index is 12.6. The van der Waals surface area contributed by atoms with Crippen LogP contribution < -0.4 is 0 Å². The maximum absolute atomic E-state index is 12.6. The molecule has 0 fully saturated rings. The molecule has 5 heteroatoms. The third-order valence-corrected chi connectivity index (χ3v) is 5.62. The van der Waals surface area contributed by atoms with Crippen LogP contribution in [0.3, 0.4) is 0 Å². The minimum absolute atomic E-state index is 0.336. The molecule has 0 bridgehead atoms. The lowest BCUT2D eigenvalue weighted by Gasteiger charge is -2.14. The van der Waals surface area contributed by atoms with Gasteiger partial charge >= 0.3 is 0 Å². The fraction of sp³-hybridized carbons (Fsp3) is 0.357. The highest BCUT2D eigenvalue weighted by Crippen LogP contribution is 2.27. The molecule has 1 aromatic heterocycles. The summed E-state index contributed by atoms with van der Waals surface area (Å²) in [7, 11) is -3.37.